The van der Waals surface area contributed by atoms with Gasteiger partial charge in [0.05, 0.1) is 6.61 Å². The van der Waals surface area contributed by atoms with E-state index in [1.54, 1.807) is 0 Å². The molecule has 1 N–H and O–H groups in total. The van der Waals surface area contributed by atoms with E-state index in [-0.39, 0.29) is 0 Å². The van der Waals surface area contributed by atoms with Gasteiger partial charge in [0.15, 0.2) is 0 Å². The molecule has 0 saturated heterocycles. The molecule has 0 radical (unpaired) electrons. The third kappa shape index (κ3) is 4.43. The summed E-state index contributed by atoms with van der Waals surface area (Å²) in [7, 11) is 1.97. The summed E-state index contributed by atoms with van der Waals surface area (Å²) in [5, 5.41) is 3.16. The Kier molecular flexibility index (Phi) is 5.99. The number of likely N-dealkylation sites (N-methyl/N-ethyl adjacent to an activating group) is 1. The first-order valence-electron chi connectivity index (χ1n) is 3.60. The lowest BCUT2D eigenvalue weighted by Gasteiger charge is -2.12. The van der Waals surface area contributed by atoms with Crippen molar-refractivity contribution in [2.75, 3.05) is 20.3 Å². The van der Waals surface area contributed by atoms with Gasteiger partial charge in [0, 0.05) is 12.6 Å². The van der Waals surface area contributed by atoms with Crippen LogP contribution in [0.5, 0.6) is 0 Å². The molecule has 0 aliphatic heterocycles. The number of nitrogens with one attached hydrogen (secondary N) is 1. The van der Waals surface area contributed by atoms with Crippen LogP contribution in [0.1, 0.15) is 20.3 Å². The van der Waals surface area contributed by atoms with E-state index in [2.05, 4.69) is 12.2 Å². The smallest absolute Gasteiger partial charge is 0.0619 e. The largest absolute Gasteiger partial charge is 0.380 e. The molecule has 0 aromatic rings. The summed E-state index contributed by atoms with van der Waals surface area (Å²) in [5.41, 5.74) is 0. The normalized spacial score (nSPS) is 13.7. The Bertz CT molecular complexity index is 52.9. The van der Waals surface area contributed by atoms with Crippen LogP contribution in [0.3, 0.4) is 0 Å². The number of hydrogen-bond donors (Lipinski definition) is 1. The predicted molar refractivity (Wildman–Crippen MR) is 39.6 cm³/mol. The van der Waals surface area contributed by atoms with Crippen molar-refractivity contribution in [2.45, 2.75) is 26.3 Å². The first kappa shape index (κ1) is 8.92. The summed E-state index contributed by atoms with van der Waals surface area (Å²) >= 11 is 0. The van der Waals surface area contributed by atoms with Gasteiger partial charge in [-0.1, -0.05) is 6.92 Å². The highest BCUT2D eigenvalue weighted by Gasteiger charge is 1.99. The summed E-state index contributed by atoms with van der Waals surface area (Å²) in [5.74, 6) is 0. The van der Waals surface area contributed by atoms with Crippen LogP contribution in [-0.4, -0.2) is 26.3 Å². The lowest BCUT2D eigenvalue weighted by Crippen LogP contribution is -2.29. The fraction of sp³-hybridized carbons (Fsp3) is 1.00. The second kappa shape index (κ2) is 6.05. The standard InChI is InChI=1S/C7H17NO/c1-4-7(8-3)6-9-5-2/h7-8H,4-6H2,1-3H3/t7-/m1/s1. The summed E-state index contributed by atoms with van der Waals surface area (Å²) < 4.78 is 5.21. The van der Waals surface area contributed by atoms with Gasteiger partial charge in [0.2, 0.25) is 0 Å². The Hall–Kier alpha value is -0.0800. The van der Waals surface area contributed by atoms with E-state index in [9.17, 15) is 0 Å². The molecule has 0 spiro atoms. The monoisotopic (exact) mass is 131 g/mol. The van der Waals surface area contributed by atoms with E-state index >= 15 is 0 Å². The molecular weight excluding hydrogens is 114 g/mol. The quantitative estimate of drug-likeness (QED) is 0.601. The van der Waals surface area contributed by atoms with Crippen LogP contribution in [0.4, 0.5) is 0 Å². The van der Waals surface area contributed by atoms with Crippen molar-refractivity contribution in [3.63, 3.8) is 0 Å². The van der Waals surface area contributed by atoms with Gasteiger partial charge in [-0.05, 0) is 20.4 Å². The minimum atomic E-state index is 0.532. The van der Waals surface area contributed by atoms with Crippen LogP contribution < -0.4 is 5.32 Å². The topological polar surface area (TPSA) is 21.3 Å². The molecule has 0 aromatic carbocycles. The van der Waals surface area contributed by atoms with Crippen molar-refractivity contribution in [3.8, 4) is 0 Å². The molecule has 0 bridgehead atoms. The first-order chi connectivity index (χ1) is 4.35. The van der Waals surface area contributed by atoms with Gasteiger partial charge in [-0.25, -0.2) is 0 Å². The summed E-state index contributed by atoms with van der Waals surface area (Å²) in [6, 6.07) is 0.532. The average molecular weight is 131 g/mol. The molecule has 9 heavy (non-hydrogen) atoms. The Balaban J connectivity index is 3.09. The lowest BCUT2D eigenvalue weighted by atomic mass is 10.2. The summed E-state index contributed by atoms with van der Waals surface area (Å²) in [4.78, 5) is 0. The Morgan fingerprint density at radius 2 is 2.11 bits per heavy atom. The van der Waals surface area contributed by atoms with Gasteiger partial charge < -0.3 is 10.1 Å². The van der Waals surface area contributed by atoms with Gasteiger partial charge in [-0.15, -0.1) is 0 Å². The van der Waals surface area contributed by atoms with Crippen LogP contribution in [-0.2, 0) is 4.74 Å². The van der Waals surface area contributed by atoms with Gasteiger partial charge in [-0.2, -0.15) is 0 Å². The van der Waals surface area contributed by atoms with E-state index in [0.29, 0.717) is 6.04 Å². The van der Waals surface area contributed by atoms with E-state index in [1.807, 2.05) is 14.0 Å². The van der Waals surface area contributed by atoms with E-state index in [4.69, 9.17) is 4.74 Å². The summed E-state index contributed by atoms with van der Waals surface area (Å²) in [6.45, 7) is 5.82. The van der Waals surface area contributed by atoms with Crippen molar-refractivity contribution in [3.05, 3.63) is 0 Å². The lowest BCUT2D eigenvalue weighted by molar-refractivity contribution is 0.124. The van der Waals surface area contributed by atoms with E-state index in [0.717, 1.165) is 19.6 Å². The van der Waals surface area contributed by atoms with Gasteiger partial charge in [-0.3, -0.25) is 0 Å². The maximum absolute atomic E-state index is 5.21. The molecule has 0 saturated carbocycles. The Labute approximate surface area is 57.6 Å². The van der Waals surface area contributed by atoms with Crippen molar-refractivity contribution in [1.29, 1.82) is 0 Å². The molecule has 2 nitrogen and oxygen atoms in total. The third-order valence-electron chi connectivity index (χ3n) is 1.42. The van der Waals surface area contributed by atoms with Crippen molar-refractivity contribution in [1.82, 2.24) is 5.32 Å². The van der Waals surface area contributed by atoms with Gasteiger partial charge >= 0.3 is 0 Å². The maximum Gasteiger partial charge on any atom is 0.0619 e. The molecule has 0 aromatic heterocycles. The first-order valence-corrected chi connectivity index (χ1v) is 3.60. The van der Waals surface area contributed by atoms with Crippen molar-refractivity contribution in [2.24, 2.45) is 0 Å². The zero-order chi connectivity index (χ0) is 7.11. The highest BCUT2D eigenvalue weighted by Crippen LogP contribution is 1.89. The Morgan fingerprint density at radius 3 is 2.44 bits per heavy atom. The fourth-order valence-electron chi connectivity index (χ4n) is 0.665. The van der Waals surface area contributed by atoms with E-state index < -0.39 is 0 Å². The van der Waals surface area contributed by atoms with Gasteiger partial charge in [0.1, 0.15) is 0 Å². The van der Waals surface area contributed by atoms with Crippen LogP contribution >= 0.6 is 0 Å². The highest BCUT2D eigenvalue weighted by molar-refractivity contribution is 4.58. The van der Waals surface area contributed by atoms with Crippen LogP contribution in [0.15, 0.2) is 0 Å². The molecule has 0 aliphatic rings. The highest BCUT2D eigenvalue weighted by atomic mass is 16.5. The zero-order valence-electron chi connectivity index (χ0n) is 6.61. The summed E-state index contributed by atoms with van der Waals surface area (Å²) in [6.07, 6.45) is 1.14. The second-order valence-electron chi connectivity index (χ2n) is 2.05. The zero-order valence-corrected chi connectivity index (χ0v) is 6.61. The third-order valence-corrected chi connectivity index (χ3v) is 1.42. The minimum absolute atomic E-state index is 0.532. The second-order valence-corrected chi connectivity index (χ2v) is 2.05. The van der Waals surface area contributed by atoms with Crippen LogP contribution in [0.2, 0.25) is 0 Å². The fourth-order valence-corrected chi connectivity index (χ4v) is 0.665. The molecule has 0 aliphatic carbocycles. The molecule has 2 heteroatoms. The number of hydrogen-bond acceptors (Lipinski definition) is 2. The van der Waals surface area contributed by atoms with Crippen molar-refractivity contribution < 1.29 is 4.74 Å². The van der Waals surface area contributed by atoms with Crippen LogP contribution in [0.25, 0.3) is 0 Å². The van der Waals surface area contributed by atoms with Crippen LogP contribution in [0, 0.1) is 0 Å². The molecule has 56 valence electrons. The molecular formula is C7H17NO. The maximum atomic E-state index is 5.21. The average Bonchev–Trinajstić information content (AvgIpc) is 1.91. The van der Waals surface area contributed by atoms with Gasteiger partial charge in [0.25, 0.3) is 0 Å². The van der Waals surface area contributed by atoms with Crippen molar-refractivity contribution >= 4 is 0 Å². The molecule has 0 rings (SSSR count). The predicted octanol–water partition coefficient (Wildman–Crippen LogP) is 1.02. The minimum Gasteiger partial charge on any atom is -0.380 e. The number of ether oxygens (including phenoxy) is 1. The molecule has 0 fully saturated rings. The SMILES string of the molecule is CCOC[C@@H](CC)NC. The molecule has 0 amide bonds. The van der Waals surface area contributed by atoms with E-state index in [1.165, 1.54) is 0 Å². The molecule has 0 heterocycles. The molecule has 0 unspecified atom stereocenters. The molecule has 1 atom stereocenters. The number of rotatable bonds is 5. The Morgan fingerprint density at radius 1 is 1.44 bits per heavy atom.